The summed E-state index contributed by atoms with van der Waals surface area (Å²) in [5.74, 6) is -0.567. The molecule has 0 heterocycles. The minimum Gasteiger partial charge on any atom is -0.465 e. The van der Waals surface area contributed by atoms with Gasteiger partial charge in [-0.3, -0.25) is 0 Å². The van der Waals surface area contributed by atoms with E-state index in [1.807, 2.05) is 0 Å². The number of halogens is 1. The van der Waals surface area contributed by atoms with Crippen molar-refractivity contribution in [3.8, 4) is 6.07 Å². The molecule has 1 amide bonds. The summed E-state index contributed by atoms with van der Waals surface area (Å²) < 4.78 is 13.3. The molecule has 1 aromatic rings. The molecule has 0 saturated carbocycles. The molecule has 0 aliphatic rings. The topological polar surface area (TPSA) is 64.3 Å². The third-order valence-corrected chi connectivity index (χ3v) is 1.92. The lowest BCUT2D eigenvalue weighted by molar-refractivity contribution is 0.153. The van der Waals surface area contributed by atoms with Gasteiger partial charge in [-0.1, -0.05) is 6.07 Å². The smallest absolute Gasteiger partial charge is 0.407 e. The first kappa shape index (κ1) is 11.0. The second-order valence-electron chi connectivity index (χ2n) is 3.06. The van der Waals surface area contributed by atoms with Crippen LogP contribution < -0.4 is 0 Å². The molecule has 0 aromatic heterocycles. The molecule has 0 radical (unpaired) electrons. The fraction of sp³-hybridized carbons (Fsp3) is 0.200. The maximum Gasteiger partial charge on any atom is 0.407 e. The highest BCUT2D eigenvalue weighted by Crippen LogP contribution is 2.11. The average molecular weight is 208 g/mol. The molecule has 78 valence electrons. The van der Waals surface area contributed by atoms with Gasteiger partial charge in [-0.25, -0.2) is 9.18 Å². The van der Waals surface area contributed by atoms with Gasteiger partial charge in [0.2, 0.25) is 0 Å². The van der Waals surface area contributed by atoms with Gasteiger partial charge < -0.3 is 10.0 Å². The monoisotopic (exact) mass is 208 g/mol. The predicted molar refractivity (Wildman–Crippen MR) is 50.6 cm³/mol. The molecule has 0 saturated heterocycles. The molecule has 0 unspecified atom stereocenters. The molecule has 1 aromatic carbocycles. The molecule has 15 heavy (non-hydrogen) atoms. The van der Waals surface area contributed by atoms with Gasteiger partial charge in [0.05, 0.1) is 18.2 Å². The first-order valence-corrected chi connectivity index (χ1v) is 4.17. The third kappa shape index (κ3) is 2.68. The molecule has 4 nitrogen and oxygen atoms in total. The van der Waals surface area contributed by atoms with Crippen molar-refractivity contribution < 1.29 is 14.3 Å². The zero-order valence-corrected chi connectivity index (χ0v) is 8.07. The summed E-state index contributed by atoms with van der Waals surface area (Å²) >= 11 is 0. The van der Waals surface area contributed by atoms with E-state index >= 15 is 0 Å². The van der Waals surface area contributed by atoms with E-state index in [4.69, 9.17) is 10.4 Å². The molecule has 0 aliphatic heterocycles. The Bertz CT molecular complexity index is 426. The number of benzene rings is 1. The quantitative estimate of drug-likeness (QED) is 0.806. The zero-order chi connectivity index (χ0) is 11.4. The average Bonchev–Trinajstić information content (AvgIpc) is 2.20. The Morgan fingerprint density at radius 1 is 1.67 bits per heavy atom. The number of carbonyl (C=O) groups is 1. The number of rotatable bonds is 2. The number of nitriles is 1. The number of amides is 1. The number of hydrogen-bond donors (Lipinski definition) is 1. The molecular formula is C10H9FN2O2. The Kier molecular flexibility index (Phi) is 3.24. The first-order chi connectivity index (χ1) is 7.04. The van der Waals surface area contributed by atoms with E-state index in [0.29, 0.717) is 0 Å². The molecule has 0 atom stereocenters. The Balaban J connectivity index is 2.88. The summed E-state index contributed by atoms with van der Waals surface area (Å²) in [6.07, 6.45) is -1.13. The molecule has 1 N–H and O–H groups in total. The van der Waals surface area contributed by atoms with Crippen LogP contribution in [0.2, 0.25) is 0 Å². The molecule has 5 heteroatoms. The van der Waals surface area contributed by atoms with Crippen LogP contribution in [0.4, 0.5) is 9.18 Å². The van der Waals surface area contributed by atoms with Crippen LogP contribution in [0.3, 0.4) is 0 Å². The minimum atomic E-state index is -1.13. The Hall–Kier alpha value is -2.09. The summed E-state index contributed by atoms with van der Waals surface area (Å²) in [7, 11) is 1.35. The number of hydrogen-bond acceptors (Lipinski definition) is 2. The highest BCUT2D eigenvalue weighted by Gasteiger charge is 2.10. The van der Waals surface area contributed by atoms with Crippen molar-refractivity contribution in [1.29, 1.82) is 5.26 Å². The molecular weight excluding hydrogens is 199 g/mol. The van der Waals surface area contributed by atoms with Crippen molar-refractivity contribution in [1.82, 2.24) is 4.90 Å². The maximum atomic E-state index is 13.3. The van der Waals surface area contributed by atoms with E-state index in [1.165, 1.54) is 19.2 Å². The fourth-order valence-electron chi connectivity index (χ4n) is 1.07. The van der Waals surface area contributed by atoms with E-state index in [1.54, 1.807) is 6.07 Å². The van der Waals surface area contributed by atoms with Crippen molar-refractivity contribution in [2.45, 2.75) is 6.54 Å². The van der Waals surface area contributed by atoms with Gasteiger partial charge in [-0.15, -0.1) is 0 Å². The molecule has 0 aliphatic carbocycles. The SMILES string of the molecule is CN(Cc1ccc(C#N)cc1F)C(=O)O. The third-order valence-electron chi connectivity index (χ3n) is 1.92. The van der Waals surface area contributed by atoms with Gasteiger partial charge in [0.25, 0.3) is 0 Å². The van der Waals surface area contributed by atoms with Crippen LogP contribution in [-0.2, 0) is 6.54 Å². The highest BCUT2D eigenvalue weighted by molar-refractivity contribution is 5.64. The lowest BCUT2D eigenvalue weighted by Gasteiger charge is -2.13. The highest BCUT2D eigenvalue weighted by atomic mass is 19.1. The standard InChI is InChI=1S/C10H9FN2O2/c1-13(10(14)15)6-8-3-2-7(5-12)4-9(8)11/h2-4H,6H2,1H3,(H,14,15). The van der Waals surface area contributed by atoms with E-state index in [-0.39, 0.29) is 17.7 Å². The summed E-state index contributed by atoms with van der Waals surface area (Å²) in [5.41, 5.74) is 0.466. The van der Waals surface area contributed by atoms with Gasteiger partial charge >= 0.3 is 6.09 Å². The van der Waals surface area contributed by atoms with Gasteiger partial charge in [-0.05, 0) is 12.1 Å². The van der Waals surface area contributed by atoms with Crippen LogP contribution in [0.5, 0.6) is 0 Å². The lowest BCUT2D eigenvalue weighted by atomic mass is 10.1. The Labute approximate surface area is 86.2 Å². The summed E-state index contributed by atoms with van der Waals surface area (Å²) in [6, 6.07) is 5.75. The normalized spacial score (nSPS) is 9.40. The van der Waals surface area contributed by atoms with Crippen molar-refractivity contribution in [2.24, 2.45) is 0 Å². The van der Waals surface area contributed by atoms with Crippen molar-refractivity contribution >= 4 is 6.09 Å². The second-order valence-corrected chi connectivity index (χ2v) is 3.06. The van der Waals surface area contributed by atoms with Crippen molar-refractivity contribution in [2.75, 3.05) is 7.05 Å². The van der Waals surface area contributed by atoms with Crippen LogP contribution in [-0.4, -0.2) is 23.1 Å². The summed E-state index contributed by atoms with van der Waals surface area (Å²) in [4.78, 5) is 11.5. The fourth-order valence-corrected chi connectivity index (χ4v) is 1.07. The summed E-state index contributed by atoms with van der Waals surface area (Å²) in [6.45, 7) is -0.0348. The Morgan fingerprint density at radius 3 is 2.80 bits per heavy atom. The van der Waals surface area contributed by atoms with Gasteiger partial charge in [0.15, 0.2) is 0 Å². The van der Waals surface area contributed by atoms with Crippen LogP contribution in [0.15, 0.2) is 18.2 Å². The van der Waals surface area contributed by atoms with Crippen LogP contribution in [0.1, 0.15) is 11.1 Å². The largest absolute Gasteiger partial charge is 0.465 e. The minimum absolute atomic E-state index is 0.0348. The van der Waals surface area contributed by atoms with Crippen LogP contribution in [0, 0.1) is 17.1 Å². The predicted octanol–water partition coefficient (Wildman–Crippen LogP) is 1.81. The summed E-state index contributed by atoms with van der Waals surface area (Å²) in [5, 5.41) is 17.1. The maximum absolute atomic E-state index is 13.3. The molecule has 1 rings (SSSR count). The molecule has 0 bridgehead atoms. The first-order valence-electron chi connectivity index (χ1n) is 4.17. The lowest BCUT2D eigenvalue weighted by Crippen LogP contribution is -2.24. The Morgan fingerprint density at radius 2 is 2.33 bits per heavy atom. The van der Waals surface area contributed by atoms with Crippen LogP contribution in [0.25, 0.3) is 0 Å². The van der Waals surface area contributed by atoms with Gasteiger partial charge in [0.1, 0.15) is 5.82 Å². The molecule has 0 spiro atoms. The van der Waals surface area contributed by atoms with Gasteiger partial charge in [0, 0.05) is 12.6 Å². The molecule has 0 fully saturated rings. The zero-order valence-electron chi connectivity index (χ0n) is 8.07. The number of nitrogens with zero attached hydrogens (tertiary/aromatic N) is 2. The van der Waals surface area contributed by atoms with E-state index in [9.17, 15) is 9.18 Å². The van der Waals surface area contributed by atoms with Crippen molar-refractivity contribution in [3.05, 3.63) is 35.1 Å². The van der Waals surface area contributed by atoms with Gasteiger partial charge in [-0.2, -0.15) is 5.26 Å². The second kappa shape index (κ2) is 4.42. The van der Waals surface area contributed by atoms with Crippen molar-refractivity contribution in [3.63, 3.8) is 0 Å². The van der Waals surface area contributed by atoms with E-state index in [0.717, 1.165) is 11.0 Å². The van der Waals surface area contributed by atoms with Crippen LogP contribution >= 0.6 is 0 Å². The number of carboxylic acid groups (broad SMARTS) is 1. The van der Waals surface area contributed by atoms with E-state index in [2.05, 4.69) is 0 Å². The van der Waals surface area contributed by atoms with E-state index < -0.39 is 11.9 Å².